The highest BCUT2D eigenvalue weighted by Gasteiger charge is 2.50. The predicted octanol–water partition coefficient (Wildman–Crippen LogP) is 3.97. The quantitative estimate of drug-likeness (QED) is 0.493. The summed E-state index contributed by atoms with van der Waals surface area (Å²) in [7, 11) is 1.64. The molecule has 0 aromatic carbocycles. The minimum absolute atomic E-state index is 0.237. The molecule has 4 rings (SSSR count). The lowest BCUT2D eigenvalue weighted by Crippen LogP contribution is -2.32. The number of aliphatic carboxylic acids is 2. The first-order chi connectivity index (χ1) is 18.2. The summed E-state index contributed by atoms with van der Waals surface area (Å²) in [6.45, 7) is 3.45. The van der Waals surface area contributed by atoms with Gasteiger partial charge in [0.15, 0.2) is 0 Å². The Hall–Kier alpha value is -3.69. The second-order valence-electron chi connectivity index (χ2n) is 8.71. The van der Waals surface area contributed by atoms with Gasteiger partial charge < -0.3 is 24.6 Å². The van der Waals surface area contributed by atoms with Crippen molar-refractivity contribution in [2.45, 2.75) is 38.2 Å². The molecule has 1 saturated heterocycles. The SMILES string of the molecule is COc1cc(N2C[C@H]3CCC[C@@]3(COCc3cccnc3)C2)ncn1.O=C(O)C(F)(F)F.O=C(O)C(F)(F)F. The van der Waals surface area contributed by atoms with E-state index in [4.69, 9.17) is 29.3 Å². The third kappa shape index (κ3) is 9.53. The number of hydrogen-bond acceptors (Lipinski definition) is 8. The summed E-state index contributed by atoms with van der Waals surface area (Å²) in [5, 5.41) is 14.2. The molecule has 10 nitrogen and oxygen atoms in total. The number of carboxylic acids is 2. The molecule has 2 N–H and O–H groups in total. The first-order valence-corrected chi connectivity index (χ1v) is 11.4. The van der Waals surface area contributed by atoms with E-state index in [-0.39, 0.29) is 5.41 Å². The minimum Gasteiger partial charge on any atom is -0.481 e. The Bertz CT molecular complexity index is 1060. The second-order valence-corrected chi connectivity index (χ2v) is 8.71. The summed E-state index contributed by atoms with van der Waals surface area (Å²) in [6, 6.07) is 5.94. The molecule has 16 heteroatoms. The largest absolute Gasteiger partial charge is 0.490 e. The highest BCUT2D eigenvalue weighted by atomic mass is 19.4. The molecule has 0 spiro atoms. The number of anilines is 1. The first-order valence-electron chi connectivity index (χ1n) is 11.4. The van der Waals surface area contributed by atoms with Crippen LogP contribution in [0.2, 0.25) is 0 Å². The van der Waals surface area contributed by atoms with Crippen LogP contribution in [0.1, 0.15) is 24.8 Å². The molecular weight excluding hydrogens is 542 g/mol. The molecule has 1 aliphatic carbocycles. The van der Waals surface area contributed by atoms with E-state index in [1.54, 1.807) is 19.6 Å². The fraction of sp³-hybridized carbons (Fsp3) is 0.522. The molecule has 2 fully saturated rings. The van der Waals surface area contributed by atoms with Gasteiger partial charge in [-0.2, -0.15) is 26.3 Å². The molecule has 2 atom stereocenters. The van der Waals surface area contributed by atoms with E-state index in [1.165, 1.54) is 19.3 Å². The number of rotatable bonds is 6. The number of methoxy groups -OCH3 is 1. The molecular formula is C23H26F6N4O6. The fourth-order valence-corrected chi connectivity index (χ4v) is 4.29. The van der Waals surface area contributed by atoms with Crippen LogP contribution in [0.4, 0.5) is 32.2 Å². The summed E-state index contributed by atoms with van der Waals surface area (Å²) < 4.78 is 74.8. The van der Waals surface area contributed by atoms with Gasteiger partial charge >= 0.3 is 24.3 Å². The van der Waals surface area contributed by atoms with Crippen molar-refractivity contribution >= 4 is 17.8 Å². The van der Waals surface area contributed by atoms with Crippen molar-refractivity contribution in [2.24, 2.45) is 11.3 Å². The van der Waals surface area contributed by atoms with Crippen molar-refractivity contribution in [1.82, 2.24) is 15.0 Å². The molecule has 39 heavy (non-hydrogen) atoms. The average molecular weight is 568 g/mol. The van der Waals surface area contributed by atoms with Crippen LogP contribution in [0, 0.1) is 11.3 Å². The van der Waals surface area contributed by atoms with Crippen LogP contribution in [0.3, 0.4) is 0 Å². The Kier molecular flexibility index (Phi) is 10.8. The number of halogens is 6. The van der Waals surface area contributed by atoms with Crippen molar-refractivity contribution < 1.29 is 55.6 Å². The van der Waals surface area contributed by atoms with E-state index in [0.717, 1.165) is 31.1 Å². The van der Waals surface area contributed by atoms with Crippen LogP contribution in [0.15, 0.2) is 36.9 Å². The summed E-state index contributed by atoms with van der Waals surface area (Å²) in [6.07, 6.45) is -1.13. The minimum atomic E-state index is -5.08. The molecule has 0 amide bonds. The number of aromatic nitrogens is 3. The van der Waals surface area contributed by atoms with E-state index in [1.807, 2.05) is 18.3 Å². The summed E-state index contributed by atoms with van der Waals surface area (Å²) >= 11 is 0. The first kappa shape index (κ1) is 31.5. The normalized spacial score (nSPS) is 20.2. The van der Waals surface area contributed by atoms with Gasteiger partial charge in [-0.1, -0.05) is 12.5 Å². The maximum Gasteiger partial charge on any atom is 0.490 e. The Balaban J connectivity index is 0.000000317. The van der Waals surface area contributed by atoms with E-state index < -0.39 is 24.3 Å². The number of carboxylic acid groups (broad SMARTS) is 2. The maximum absolute atomic E-state index is 10.6. The summed E-state index contributed by atoms with van der Waals surface area (Å²) in [5.74, 6) is -3.28. The Labute approximate surface area is 218 Å². The molecule has 0 radical (unpaired) electrons. The van der Waals surface area contributed by atoms with Crippen molar-refractivity contribution in [2.75, 3.05) is 31.7 Å². The number of ether oxygens (including phenoxy) is 2. The number of alkyl halides is 6. The van der Waals surface area contributed by atoms with Gasteiger partial charge in [0.25, 0.3) is 0 Å². The highest BCUT2D eigenvalue weighted by molar-refractivity contribution is 5.73. The molecule has 216 valence electrons. The highest BCUT2D eigenvalue weighted by Crippen LogP contribution is 2.49. The van der Waals surface area contributed by atoms with Crippen LogP contribution >= 0.6 is 0 Å². The van der Waals surface area contributed by atoms with Crippen LogP contribution < -0.4 is 9.64 Å². The van der Waals surface area contributed by atoms with Gasteiger partial charge in [0.05, 0.1) is 20.3 Å². The van der Waals surface area contributed by atoms with E-state index in [9.17, 15) is 26.3 Å². The second kappa shape index (κ2) is 13.4. The van der Waals surface area contributed by atoms with Crippen molar-refractivity contribution in [3.05, 3.63) is 42.5 Å². The van der Waals surface area contributed by atoms with E-state index in [0.29, 0.717) is 18.4 Å². The van der Waals surface area contributed by atoms with Gasteiger partial charge in [0.2, 0.25) is 5.88 Å². The Morgan fingerprint density at radius 1 is 1.13 bits per heavy atom. The third-order valence-corrected chi connectivity index (χ3v) is 6.07. The molecule has 2 aliphatic rings. The number of nitrogens with zero attached hydrogens (tertiary/aromatic N) is 4. The van der Waals surface area contributed by atoms with Gasteiger partial charge in [0, 0.05) is 37.0 Å². The van der Waals surface area contributed by atoms with Gasteiger partial charge in [-0.05, 0) is 30.4 Å². The lowest BCUT2D eigenvalue weighted by atomic mass is 9.81. The smallest absolute Gasteiger partial charge is 0.481 e. The summed E-state index contributed by atoms with van der Waals surface area (Å²) in [4.78, 5) is 32.9. The van der Waals surface area contributed by atoms with Crippen molar-refractivity contribution in [3.8, 4) is 5.88 Å². The van der Waals surface area contributed by atoms with Gasteiger partial charge in [-0.25, -0.2) is 19.6 Å². The molecule has 2 aromatic rings. The molecule has 1 saturated carbocycles. The Morgan fingerprint density at radius 2 is 1.77 bits per heavy atom. The Morgan fingerprint density at radius 3 is 2.31 bits per heavy atom. The van der Waals surface area contributed by atoms with Gasteiger partial charge in [-0.3, -0.25) is 4.98 Å². The number of pyridine rings is 1. The van der Waals surface area contributed by atoms with Crippen LogP contribution in [-0.2, 0) is 20.9 Å². The molecule has 0 bridgehead atoms. The van der Waals surface area contributed by atoms with Crippen LogP contribution in [0.25, 0.3) is 0 Å². The number of carbonyl (C=O) groups is 2. The zero-order chi connectivity index (χ0) is 29.3. The molecule has 1 aliphatic heterocycles. The van der Waals surface area contributed by atoms with Crippen LogP contribution in [-0.4, -0.2) is 76.3 Å². The fourth-order valence-electron chi connectivity index (χ4n) is 4.29. The monoisotopic (exact) mass is 568 g/mol. The average Bonchev–Trinajstić information content (AvgIpc) is 3.42. The lowest BCUT2D eigenvalue weighted by molar-refractivity contribution is -0.193. The van der Waals surface area contributed by atoms with Gasteiger partial charge in [0.1, 0.15) is 12.1 Å². The zero-order valence-electron chi connectivity index (χ0n) is 20.6. The molecule has 2 aromatic heterocycles. The van der Waals surface area contributed by atoms with Crippen molar-refractivity contribution in [3.63, 3.8) is 0 Å². The maximum atomic E-state index is 10.6. The standard InChI is InChI=1S/C19H24N4O2.2C2HF3O2/c1-24-18-8-17(21-14-22-18)23-10-16-5-2-6-19(16,12-23)13-25-11-15-4-3-7-20-9-15;2*3-2(4,5)1(6)7/h3-4,7-9,14,16H,2,5-6,10-13H2,1H3;2*(H,6,7)/t16-,19+;;/m1../s1. The predicted molar refractivity (Wildman–Crippen MR) is 122 cm³/mol. The van der Waals surface area contributed by atoms with E-state index in [2.05, 4.69) is 25.9 Å². The van der Waals surface area contributed by atoms with Crippen LogP contribution in [0.5, 0.6) is 5.88 Å². The number of hydrogen-bond donors (Lipinski definition) is 2. The molecule has 3 heterocycles. The lowest BCUT2D eigenvalue weighted by Gasteiger charge is -2.28. The summed E-state index contributed by atoms with van der Waals surface area (Å²) in [5.41, 5.74) is 1.37. The third-order valence-electron chi connectivity index (χ3n) is 6.07. The topological polar surface area (TPSA) is 135 Å². The van der Waals surface area contributed by atoms with Gasteiger partial charge in [-0.15, -0.1) is 0 Å². The molecule has 0 unspecified atom stereocenters. The number of fused-ring (bicyclic) bond motifs is 1. The zero-order valence-corrected chi connectivity index (χ0v) is 20.6. The van der Waals surface area contributed by atoms with E-state index >= 15 is 0 Å². The van der Waals surface area contributed by atoms with Crippen molar-refractivity contribution in [1.29, 1.82) is 0 Å².